The molecule has 0 radical (unpaired) electrons. The molecule has 2 atom stereocenters. The quantitative estimate of drug-likeness (QED) is 0.799. The summed E-state index contributed by atoms with van der Waals surface area (Å²) in [4.78, 5) is 20.0. The highest BCUT2D eigenvalue weighted by atomic mass is 16.5. The fraction of sp³-hybridized carbons (Fsp3) is 0.600. The van der Waals surface area contributed by atoms with E-state index in [0.29, 0.717) is 5.92 Å². The number of amides is 1. The summed E-state index contributed by atoms with van der Waals surface area (Å²) in [6.07, 6.45) is 3.92. The molecule has 0 aromatic carbocycles. The van der Waals surface area contributed by atoms with Crippen molar-refractivity contribution in [2.75, 3.05) is 32.8 Å². The number of carbonyl (C=O) groups is 1. The van der Waals surface area contributed by atoms with E-state index in [9.17, 15) is 4.79 Å². The van der Waals surface area contributed by atoms with E-state index in [1.165, 1.54) is 5.56 Å². The Kier molecular flexibility index (Phi) is 3.98. The van der Waals surface area contributed by atoms with Crippen molar-refractivity contribution in [2.24, 2.45) is 5.92 Å². The smallest absolute Gasteiger partial charge is 0.219 e. The van der Waals surface area contributed by atoms with Crippen molar-refractivity contribution in [1.29, 1.82) is 0 Å². The number of carbonyl (C=O) groups excluding carboxylic acids is 1. The van der Waals surface area contributed by atoms with Crippen LogP contribution in [0.2, 0.25) is 0 Å². The Morgan fingerprint density at radius 2 is 2.35 bits per heavy atom. The van der Waals surface area contributed by atoms with Crippen molar-refractivity contribution in [3.05, 3.63) is 30.1 Å². The number of hydrogen-bond donors (Lipinski definition) is 0. The van der Waals surface area contributed by atoms with E-state index >= 15 is 0 Å². The summed E-state index contributed by atoms with van der Waals surface area (Å²) in [7, 11) is 0. The Labute approximate surface area is 119 Å². The number of fused-ring (bicyclic) bond motifs is 1. The normalized spacial score (nSPS) is 27.1. The van der Waals surface area contributed by atoms with E-state index < -0.39 is 0 Å². The fourth-order valence-electron chi connectivity index (χ4n) is 3.11. The zero-order valence-electron chi connectivity index (χ0n) is 11.9. The van der Waals surface area contributed by atoms with E-state index in [4.69, 9.17) is 4.74 Å². The van der Waals surface area contributed by atoms with Gasteiger partial charge in [0.1, 0.15) is 0 Å². The van der Waals surface area contributed by atoms with Crippen molar-refractivity contribution < 1.29 is 9.53 Å². The van der Waals surface area contributed by atoms with Crippen LogP contribution < -0.4 is 0 Å². The summed E-state index contributed by atoms with van der Waals surface area (Å²) >= 11 is 0. The first-order valence-corrected chi connectivity index (χ1v) is 7.21. The van der Waals surface area contributed by atoms with Crippen LogP contribution in [0.3, 0.4) is 0 Å². The molecule has 108 valence electrons. The Balaban J connectivity index is 1.63. The van der Waals surface area contributed by atoms with Gasteiger partial charge in [-0.15, -0.1) is 0 Å². The maximum absolute atomic E-state index is 11.5. The molecule has 2 aliphatic heterocycles. The second-order valence-corrected chi connectivity index (χ2v) is 5.69. The maximum atomic E-state index is 11.5. The summed E-state index contributed by atoms with van der Waals surface area (Å²) in [5.41, 5.74) is 1.23. The topological polar surface area (TPSA) is 45.7 Å². The van der Waals surface area contributed by atoms with Crippen LogP contribution in [-0.4, -0.2) is 59.6 Å². The van der Waals surface area contributed by atoms with Gasteiger partial charge in [0, 0.05) is 58.0 Å². The second kappa shape index (κ2) is 5.89. The Bertz CT molecular complexity index is 465. The van der Waals surface area contributed by atoms with Gasteiger partial charge >= 0.3 is 0 Å². The molecule has 0 spiro atoms. The van der Waals surface area contributed by atoms with Gasteiger partial charge in [-0.25, -0.2) is 0 Å². The predicted octanol–water partition coefficient (Wildman–Crippen LogP) is 0.761. The summed E-state index contributed by atoms with van der Waals surface area (Å²) in [6.45, 7) is 6.79. The average molecular weight is 275 g/mol. The molecule has 3 rings (SSSR count). The molecule has 1 aromatic heterocycles. The van der Waals surface area contributed by atoms with Gasteiger partial charge in [-0.2, -0.15) is 0 Å². The molecule has 1 amide bonds. The minimum atomic E-state index is 0.153. The lowest BCUT2D eigenvalue weighted by Gasteiger charge is -2.23. The van der Waals surface area contributed by atoms with E-state index in [0.717, 1.165) is 39.3 Å². The highest BCUT2D eigenvalue weighted by Gasteiger charge is 2.37. The van der Waals surface area contributed by atoms with Crippen molar-refractivity contribution in [1.82, 2.24) is 14.8 Å². The molecule has 2 fully saturated rings. The molecule has 2 aliphatic rings. The molecule has 0 N–H and O–H groups in total. The van der Waals surface area contributed by atoms with Crippen LogP contribution in [0.5, 0.6) is 0 Å². The number of nitrogens with zero attached hydrogens (tertiary/aromatic N) is 3. The first-order valence-electron chi connectivity index (χ1n) is 7.21. The number of aromatic nitrogens is 1. The largest absolute Gasteiger partial charge is 0.375 e. The van der Waals surface area contributed by atoms with Crippen LogP contribution in [0.4, 0.5) is 0 Å². The third-order valence-corrected chi connectivity index (χ3v) is 4.19. The zero-order valence-corrected chi connectivity index (χ0v) is 11.9. The van der Waals surface area contributed by atoms with Gasteiger partial charge in [-0.1, -0.05) is 6.07 Å². The van der Waals surface area contributed by atoms with Crippen LogP contribution in [0.25, 0.3) is 0 Å². The van der Waals surface area contributed by atoms with Gasteiger partial charge in [0.25, 0.3) is 0 Å². The summed E-state index contributed by atoms with van der Waals surface area (Å²) < 4.78 is 5.92. The molecule has 0 bridgehead atoms. The van der Waals surface area contributed by atoms with Crippen molar-refractivity contribution in [3.63, 3.8) is 0 Å². The number of hydrogen-bond acceptors (Lipinski definition) is 4. The van der Waals surface area contributed by atoms with E-state index in [-0.39, 0.29) is 12.0 Å². The van der Waals surface area contributed by atoms with Crippen LogP contribution in [0.15, 0.2) is 24.5 Å². The third kappa shape index (κ3) is 2.99. The minimum Gasteiger partial charge on any atom is -0.375 e. The molecule has 1 aromatic rings. The Hall–Kier alpha value is -1.46. The standard InChI is InChI=1S/C15H21N3O2/c1-12(19)18-10-14-9-17(5-6-20-15(14)11-18)8-13-3-2-4-16-7-13/h2-4,7,14-15H,5-6,8-11H2,1H3/t14-,15+/m1/s1. The number of pyridine rings is 1. The van der Waals surface area contributed by atoms with Gasteiger partial charge in [0.05, 0.1) is 12.7 Å². The van der Waals surface area contributed by atoms with E-state index in [1.807, 2.05) is 17.2 Å². The van der Waals surface area contributed by atoms with Crippen LogP contribution >= 0.6 is 0 Å². The molecule has 0 saturated carbocycles. The lowest BCUT2D eigenvalue weighted by molar-refractivity contribution is -0.128. The summed E-state index contributed by atoms with van der Waals surface area (Å²) in [5, 5.41) is 0. The van der Waals surface area contributed by atoms with Crippen molar-refractivity contribution in [3.8, 4) is 0 Å². The first-order chi connectivity index (χ1) is 9.72. The molecule has 5 heteroatoms. The molecule has 20 heavy (non-hydrogen) atoms. The molecule has 2 saturated heterocycles. The van der Waals surface area contributed by atoms with Crippen LogP contribution in [-0.2, 0) is 16.1 Å². The highest BCUT2D eigenvalue weighted by Crippen LogP contribution is 2.24. The third-order valence-electron chi connectivity index (χ3n) is 4.19. The number of likely N-dealkylation sites (tertiary alicyclic amines) is 1. The lowest BCUT2D eigenvalue weighted by Crippen LogP contribution is -2.33. The van der Waals surface area contributed by atoms with Crippen LogP contribution in [0, 0.1) is 5.92 Å². The molecule has 0 aliphatic carbocycles. The van der Waals surface area contributed by atoms with Gasteiger partial charge in [0.2, 0.25) is 5.91 Å². The minimum absolute atomic E-state index is 0.153. The van der Waals surface area contributed by atoms with Crippen LogP contribution in [0.1, 0.15) is 12.5 Å². The zero-order chi connectivity index (χ0) is 13.9. The SMILES string of the molecule is CC(=O)N1C[C@H]2CN(Cc3cccnc3)CCO[C@H]2C1. The average Bonchev–Trinajstić information content (AvgIpc) is 2.74. The summed E-state index contributed by atoms with van der Waals surface area (Å²) in [6, 6.07) is 4.08. The van der Waals surface area contributed by atoms with Crippen molar-refractivity contribution in [2.45, 2.75) is 19.6 Å². The van der Waals surface area contributed by atoms with Gasteiger partial charge < -0.3 is 9.64 Å². The molecule has 0 unspecified atom stereocenters. The lowest BCUT2D eigenvalue weighted by atomic mass is 10.1. The van der Waals surface area contributed by atoms with Crippen molar-refractivity contribution >= 4 is 5.91 Å². The molecular weight excluding hydrogens is 254 g/mol. The monoisotopic (exact) mass is 275 g/mol. The molecular formula is C15H21N3O2. The Morgan fingerprint density at radius 1 is 1.45 bits per heavy atom. The van der Waals surface area contributed by atoms with E-state index in [1.54, 1.807) is 13.1 Å². The molecule has 5 nitrogen and oxygen atoms in total. The maximum Gasteiger partial charge on any atom is 0.219 e. The van der Waals surface area contributed by atoms with Gasteiger partial charge in [-0.3, -0.25) is 14.7 Å². The van der Waals surface area contributed by atoms with E-state index in [2.05, 4.69) is 16.0 Å². The first kappa shape index (κ1) is 13.5. The second-order valence-electron chi connectivity index (χ2n) is 5.69. The van der Waals surface area contributed by atoms with Gasteiger partial charge in [-0.05, 0) is 11.6 Å². The fourth-order valence-corrected chi connectivity index (χ4v) is 3.11. The number of rotatable bonds is 2. The predicted molar refractivity (Wildman–Crippen MR) is 75.0 cm³/mol. The number of ether oxygens (including phenoxy) is 1. The highest BCUT2D eigenvalue weighted by molar-refractivity contribution is 5.73. The molecule has 3 heterocycles. The Morgan fingerprint density at radius 3 is 3.10 bits per heavy atom. The van der Waals surface area contributed by atoms with Gasteiger partial charge in [0.15, 0.2) is 0 Å². The summed E-state index contributed by atoms with van der Waals surface area (Å²) in [5.74, 6) is 0.582.